The molecule has 6 aromatic carbocycles. The lowest BCUT2D eigenvalue weighted by Crippen LogP contribution is -2.37. The molecule has 0 saturated heterocycles. The summed E-state index contributed by atoms with van der Waals surface area (Å²) in [6.07, 6.45) is 4.47. The third-order valence-corrected chi connectivity index (χ3v) is 7.94. The van der Waals surface area contributed by atoms with E-state index in [0.717, 1.165) is 30.2 Å². The number of rotatable bonds is 8. The van der Waals surface area contributed by atoms with E-state index < -0.39 is 0 Å². The van der Waals surface area contributed by atoms with Gasteiger partial charge in [0, 0.05) is 6.08 Å². The fraction of sp³-hybridized carbons (Fsp3) is 0.103. The molecule has 0 bridgehead atoms. The van der Waals surface area contributed by atoms with E-state index in [4.69, 9.17) is 4.74 Å². The average Bonchev–Trinajstić information content (AvgIpc) is 3.32. The van der Waals surface area contributed by atoms with Gasteiger partial charge in [-0.05, 0) is 87.6 Å². The van der Waals surface area contributed by atoms with Crippen LogP contribution in [0.3, 0.4) is 0 Å². The second-order valence-corrected chi connectivity index (χ2v) is 10.7. The molecule has 3 heteroatoms. The van der Waals surface area contributed by atoms with E-state index in [1.807, 2.05) is 19.1 Å². The van der Waals surface area contributed by atoms with Crippen LogP contribution in [-0.2, 0) is 13.1 Å². The maximum atomic E-state index is 5.66. The predicted molar refractivity (Wildman–Crippen MR) is 175 cm³/mol. The number of para-hydroxylation sites is 2. The molecular weight excluding hydrogens is 512 g/mol. The molecule has 1 heterocycles. The largest absolute Gasteiger partial charge is 0.494 e. The zero-order chi connectivity index (χ0) is 28.3. The summed E-state index contributed by atoms with van der Waals surface area (Å²) in [5.41, 5.74) is 6.14. The highest BCUT2D eigenvalue weighted by atomic mass is 16.5. The van der Waals surface area contributed by atoms with Crippen LogP contribution in [-0.4, -0.2) is 11.2 Å². The van der Waals surface area contributed by atoms with E-state index in [9.17, 15) is 0 Å². The van der Waals surface area contributed by atoms with Crippen LogP contribution in [0.15, 0.2) is 133 Å². The lowest BCUT2D eigenvalue weighted by molar-refractivity contribution is -0.665. The summed E-state index contributed by atoms with van der Waals surface area (Å²) < 4.78 is 10.6. The molecule has 0 radical (unpaired) electrons. The summed E-state index contributed by atoms with van der Waals surface area (Å²) in [7, 11) is 0. The number of fused-ring (bicyclic) bond motifs is 3. The van der Waals surface area contributed by atoms with Gasteiger partial charge in [0.25, 0.3) is 5.82 Å². The third-order valence-electron chi connectivity index (χ3n) is 7.94. The van der Waals surface area contributed by atoms with Crippen LogP contribution >= 0.6 is 0 Å². The van der Waals surface area contributed by atoms with Crippen molar-refractivity contribution in [2.45, 2.75) is 20.0 Å². The van der Waals surface area contributed by atoms with E-state index in [2.05, 4.69) is 143 Å². The maximum Gasteiger partial charge on any atom is 0.283 e. The van der Waals surface area contributed by atoms with Gasteiger partial charge in [-0.25, -0.2) is 9.13 Å². The van der Waals surface area contributed by atoms with Crippen LogP contribution in [0.1, 0.15) is 29.4 Å². The molecule has 0 aliphatic rings. The van der Waals surface area contributed by atoms with Crippen molar-refractivity contribution in [3.05, 3.63) is 156 Å². The lowest BCUT2D eigenvalue weighted by atomic mass is 10.1. The SMILES string of the molecule is CCOc1ccc(/C=C/c2n(Cc3ccc4ccccc4c3)c3ccccc3[n+]2Cc2ccc3ccccc3c2)cc1. The van der Waals surface area contributed by atoms with Gasteiger partial charge in [-0.2, -0.15) is 0 Å². The second kappa shape index (κ2) is 11.4. The maximum absolute atomic E-state index is 5.66. The molecule has 0 aliphatic carbocycles. The second-order valence-electron chi connectivity index (χ2n) is 10.7. The highest BCUT2D eigenvalue weighted by molar-refractivity contribution is 5.84. The van der Waals surface area contributed by atoms with E-state index >= 15 is 0 Å². The van der Waals surface area contributed by atoms with Crippen molar-refractivity contribution in [2.24, 2.45) is 0 Å². The number of hydrogen-bond acceptors (Lipinski definition) is 1. The first-order valence-electron chi connectivity index (χ1n) is 14.6. The highest BCUT2D eigenvalue weighted by Crippen LogP contribution is 2.23. The molecule has 0 spiro atoms. The first kappa shape index (κ1) is 25.8. The van der Waals surface area contributed by atoms with Gasteiger partial charge in [-0.3, -0.25) is 0 Å². The number of imidazole rings is 1. The fourth-order valence-corrected chi connectivity index (χ4v) is 5.88. The van der Waals surface area contributed by atoms with Crippen molar-refractivity contribution in [3.8, 4) is 5.75 Å². The summed E-state index contributed by atoms with van der Waals surface area (Å²) in [6, 6.07) is 47.8. The van der Waals surface area contributed by atoms with Gasteiger partial charge in [0.1, 0.15) is 18.8 Å². The summed E-state index contributed by atoms with van der Waals surface area (Å²) in [4.78, 5) is 0. The predicted octanol–water partition coefficient (Wildman–Crippen LogP) is 8.90. The number of nitrogens with zero attached hydrogens (tertiary/aromatic N) is 2. The van der Waals surface area contributed by atoms with Gasteiger partial charge in [0.15, 0.2) is 11.0 Å². The monoisotopic (exact) mass is 545 g/mol. The Kier molecular flexibility index (Phi) is 6.99. The molecule has 0 N–H and O–H groups in total. The zero-order valence-electron chi connectivity index (χ0n) is 23.8. The molecule has 204 valence electrons. The molecule has 42 heavy (non-hydrogen) atoms. The fourth-order valence-electron chi connectivity index (χ4n) is 5.88. The molecule has 7 aromatic rings. The normalized spacial score (nSPS) is 11.6. The summed E-state index contributed by atoms with van der Waals surface area (Å²) in [5.74, 6) is 2.05. The number of aromatic nitrogens is 2. The van der Waals surface area contributed by atoms with Gasteiger partial charge >= 0.3 is 0 Å². The van der Waals surface area contributed by atoms with Crippen molar-refractivity contribution in [3.63, 3.8) is 0 Å². The van der Waals surface area contributed by atoms with Crippen molar-refractivity contribution in [1.29, 1.82) is 0 Å². The van der Waals surface area contributed by atoms with Crippen molar-refractivity contribution in [2.75, 3.05) is 6.61 Å². The Bertz CT molecular complexity index is 1930. The van der Waals surface area contributed by atoms with E-state index in [1.165, 1.54) is 43.7 Å². The van der Waals surface area contributed by atoms with E-state index in [-0.39, 0.29) is 0 Å². The molecule has 1 aromatic heterocycles. The van der Waals surface area contributed by atoms with Crippen molar-refractivity contribution < 1.29 is 9.30 Å². The van der Waals surface area contributed by atoms with Crippen LogP contribution < -0.4 is 9.30 Å². The first-order chi connectivity index (χ1) is 20.7. The Morgan fingerprint density at radius 1 is 0.619 bits per heavy atom. The summed E-state index contributed by atoms with van der Waals surface area (Å²) >= 11 is 0. The molecule has 0 aliphatic heterocycles. The smallest absolute Gasteiger partial charge is 0.283 e. The highest BCUT2D eigenvalue weighted by Gasteiger charge is 2.23. The number of hydrogen-bond donors (Lipinski definition) is 0. The van der Waals surface area contributed by atoms with Crippen molar-refractivity contribution in [1.82, 2.24) is 4.57 Å². The average molecular weight is 546 g/mol. The number of benzene rings is 6. The van der Waals surface area contributed by atoms with Crippen LogP contribution in [0.5, 0.6) is 5.75 Å². The van der Waals surface area contributed by atoms with E-state index in [0.29, 0.717) is 6.61 Å². The molecule has 0 saturated carbocycles. The Labute approximate surface area is 246 Å². The van der Waals surface area contributed by atoms with Gasteiger partial charge < -0.3 is 4.74 Å². The van der Waals surface area contributed by atoms with Crippen LogP contribution in [0, 0.1) is 0 Å². The Morgan fingerprint density at radius 3 is 1.95 bits per heavy atom. The van der Waals surface area contributed by atoms with Crippen molar-refractivity contribution >= 4 is 44.7 Å². The first-order valence-corrected chi connectivity index (χ1v) is 14.6. The van der Waals surface area contributed by atoms with Gasteiger partial charge in [-0.1, -0.05) is 97.1 Å². The summed E-state index contributed by atoms with van der Waals surface area (Å²) in [5, 5.41) is 5.06. The van der Waals surface area contributed by atoms with Gasteiger partial charge in [-0.15, -0.1) is 0 Å². The van der Waals surface area contributed by atoms with Gasteiger partial charge in [0.05, 0.1) is 6.61 Å². The zero-order valence-corrected chi connectivity index (χ0v) is 23.8. The molecule has 0 atom stereocenters. The molecule has 3 nitrogen and oxygen atoms in total. The Hall–Kier alpha value is -5.15. The molecular formula is C39H33N2O+. The molecule has 0 fully saturated rings. The quantitative estimate of drug-likeness (QED) is 0.174. The minimum Gasteiger partial charge on any atom is -0.494 e. The topological polar surface area (TPSA) is 18.0 Å². The van der Waals surface area contributed by atoms with Crippen LogP contribution in [0.2, 0.25) is 0 Å². The van der Waals surface area contributed by atoms with Crippen LogP contribution in [0.4, 0.5) is 0 Å². The minimum atomic E-state index is 0.666. The standard InChI is InChI=1S/C39H33N2O/c1-2-42-36-22-17-29(18-23-36)19-24-39-40(27-30-15-20-32-9-3-5-11-34(32)25-30)37-13-7-8-14-38(37)41(39)28-31-16-21-33-10-4-6-12-35(33)26-31/h3-26H,2,27-28H2,1H3/q+1/b24-19+. The third kappa shape index (κ3) is 5.17. The van der Waals surface area contributed by atoms with Crippen LogP contribution in [0.25, 0.3) is 44.7 Å². The lowest BCUT2D eigenvalue weighted by Gasteiger charge is -2.06. The Morgan fingerprint density at radius 2 is 1.24 bits per heavy atom. The Balaban J connectivity index is 1.35. The summed E-state index contributed by atoms with van der Waals surface area (Å²) in [6.45, 7) is 4.23. The van der Waals surface area contributed by atoms with E-state index in [1.54, 1.807) is 0 Å². The van der Waals surface area contributed by atoms with Gasteiger partial charge in [0.2, 0.25) is 0 Å². The minimum absolute atomic E-state index is 0.666. The molecule has 0 unspecified atom stereocenters. The number of ether oxygens (including phenoxy) is 1. The molecule has 0 amide bonds. The molecule has 7 rings (SSSR count).